The van der Waals surface area contributed by atoms with Crippen LogP contribution in [-0.4, -0.2) is 16.3 Å². The molecule has 0 saturated heterocycles. The number of aromatic nitrogens is 2. The summed E-state index contributed by atoms with van der Waals surface area (Å²) in [7, 11) is 1.97. The molecule has 1 heterocycles. The predicted molar refractivity (Wildman–Crippen MR) is 81.6 cm³/mol. The van der Waals surface area contributed by atoms with E-state index < -0.39 is 0 Å². The molecule has 0 amide bonds. The quantitative estimate of drug-likeness (QED) is 0.927. The van der Waals surface area contributed by atoms with Crippen LogP contribution in [0, 0.1) is 0 Å². The van der Waals surface area contributed by atoms with Crippen molar-refractivity contribution in [3.05, 3.63) is 53.3 Å². The zero-order valence-corrected chi connectivity index (χ0v) is 12.2. The van der Waals surface area contributed by atoms with Gasteiger partial charge in [-0.3, -0.25) is 4.68 Å². The Hall–Kier alpha value is -1.61. The average Bonchev–Trinajstić information content (AvgIpc) is 2.91. The van der Waals surface area contributed by atoms with E-state index in [0.717, 1.165) is 19.4 Å². The van der Waals surface area contributed by atoms with Gasteiger partial charge in [-0.05, 0) is 48.8 Å². The average molecular weight is 269 g/mol. The maximum atomic E-state index is 6.20. The third-order valence-corrected chi connectivity index (χ3v) is 4.73. The van der Waals surface area contributed by atoms with Gasteiger partial charge < -0.3 is 5.73 Å². The maximum Gasteiger partial charge on any atom is 0.0521 e. The Morgan fingerprint density at radius 1 is 1.35 bits per heavy atom. The van der Waals surface area contributed by atoms with Crippen LogP contribution >= 0.6 is 0 Å². The fraction of sp³-hybridized carbons (Fsp3) is 0.471. The smallest absolute Gasteiger partial charge is 0.0521 e. The zero-order valence-electron chi connectivity index (χ0n) is 12.2. The van der Waals surface area contributed by atoms with Crippen molar-refractivity contribution in [3.8, 4) is 0 Å². The molecule has 1 aliphatic rings. The lowest BCUT2D eigenvalue weighted by atomic mass is 9.67. The van der Waals surface area contributed by atoms with E-state index in [1.165, 1.54) is 36.0 Å². The molecule has 1 aliphatic carbocycles. The van der Waals surface area contributed by atoms with E-state index in [-0.39, 0.29) is 5.41 Å². The van der Waals surface area contributed by atoms with E-state index in [1.54, 1.807) is 0 Å². The van der Waals surface area contributed by atoms with Crippen LogP contribution in [-0.2, 0) is 25.3 Å². The first kappa shape index (κ1) is 13.4. The van der Waals surface area contributed by atoms with Crippen LogP contribution in [0.3, 0.4) is 0 Å². The van der Waals surface area contributed by atoms with Crippen LogP contribution in [0.1, 0.15) is 36.0 Å². The molecule has 106 valence electrons. The van der Waals surface area contributed by atoms with Crippen LogP contribution in [0.4, 0.5) is 0 Å². The van der Waals surface area contributed by atoms with Gasteiger partial charge in [0.15, 0.2) is 0 Å². The molecular formula is C17H23N3. The molecule has 1 aromatic heterocycles. The zero-order chi connectivity index (χ0) is 14.0. The largest absolute Gasteiger partial charge is 0.330 e. The Bertz CT molecular complexity index is 587. The standard InChI is InChI=1S/C17H23N3/c1-20-12-14(11-19-20)8-10-17(13-18)9-4-6-15-5-2-3-7-16(15)17/h2-3,5,7,11-12H,4,6,8-10,13,18H2,1H3. The first-order valence-corrected chi connectivity index (χ1v) is 7.49. The van der Waals surface area contributed by atoms with Gasteiger partial charge in [-0.15, -0.1) is 0 Å². The molecule has 2 N–H and O–H groups in total. The summed E-state index contributed by atoms with van der Waals surface area (Å²) in [5.41, 5.74) is 10.6. The molecular weight excluding hydrogens is 246 g/mol. The summed E-state index contributed by atoms with van der Waals surface area (Å²) >= 11 is 0. The Balaban J connectivity index is 1.85. The molecule has 1 aromatic carbocycles. The number of hydrogen-bond acceptors (Lipinski definition) is 2. The molecule has 1 atom stereocenters. The van der Waals surface area contributed by atoms with Crippen molar-refractivity contribution in [3.63, 3.8) is 0 Å². The number of benzene rings is 1. The second-order valence-corrected chi connectivity index (χ2v) is 6.02. The van der Waals surface area contributed by atoms with E-state index in [1.807, 2.05) is 17.9 Å². The van der Waals surface area contributed by atoms with Crippen molar-refractivity contribution in [2.45, 2.75) is 37.5 Å². The number of fused-ring (bicyclic) bond motifs is 1. The molecule has 0 fully saturated rings. The molecule has 0 aliphatic heterocycles. The van der Waals surface area contributed by atoms with Gasteiger partial charge in [-0.1, -0.05) is 24.3 Å². The topological polar surface area (TPSA) is 43.8 Å². The summed E-state index contributed by atoms with van der Waals surface area (Å²) < 4.78 is 1.87. The number of aryl methyl sites for hydroxylation is 3. The fourth-order valence-corrected chi connectivity index (χ4v) is 3.57. The fourth-order valence-electron chi connectivity index (χ4n) is 3.57. The highest BCUT2D eigenvalue weighted by Gasteiger charge is 2.34. The minimum absolute atomic E-state index is 0.157. The normalized spacial score (nSPS) is 21.7. The second kappa shape index (κ2) is 5.41. The lowest BCUT2D eigenvalue weighted by Gasteiger charge is -2.38. The summed E-state index contributed by atoms with van der Waals surface area (Å²) in [5, 5.41) is 4.26. The summed E-state index contributed by atoms with van der Waals surface area (Å²) in [6.45, 7) is 0.740. The molecule has 0 saturated carbocycles. The van der Waals surface area contributed by atoms with Gasteiger partial charge >= 0.3 is 0 Å². The van der Waals surface area contributed by atoms with Crippen LogP contribution in [0.15, 0.2) is 36.7 Å². The molecule has 2 aromatic rings. The highest BCUT2D eigenvalue weighted by Crippen LogP contribution is 2.40. The first-order chi connectivity index (χ1) is 9.73. The lowest BCUT2D eigenvalue weighted by Crippen LogP contribution is -2.39. The van der Waals surface area contributed by atoms with Crippen molar-refractivity contribution >= 4 is 0 Å². The van der Waals surface area contributed by atoms with Crippen molar-refractivity contribution in [1.29, 1.82) is 0 Å². The Kier molecular flexibility index (Phi) is 3.62. The van der Waals surface area contributed by atoms with Crippen molar-refractivity contribution < 1.29 is 0 Å². The van der Waals surface area contributed by atoms with Gasteiger partial charge in [0, 0.05) is 25.2 Å². The highest BCUT2D eigenvalue weighted by molar-refractivity contribution is 5.37. The molecule has 20 heavy (non-hydrogen) atoms. The summed E-state index contributed by atoms with van der Waals surface area (Å²) in [4.78, 5) is 0. The van der Waals surface area contributed by atoms with Crippen molar-refractivity contribution in [2.24, 2.45) is 12.8 Å². The molecule has 0 bridgehead atoms. The minimum Gasteiger partial charge on any atom is -0.330 e. The lowest BCUT2D eigenvalue weighted by molar-refractivity contribution is 0.343. The van der Waals surface area contributed by atoms with Gasteiger partial charge in [0.2, 0.25) is 0 Å². The van der Waals surface area contributed by atoms with Gasteiger partial charge in [-0.25, -0.2) is 0 Å². The van der Waals surface area contributed by atoms with Crippen LogP contribution in [0.5, 0.6) is 0 Å². The predicted octanol–water partition coefficient (Wildman–Crippen LogP) is 2.59. The molecule has 3 heteroatoms. The molecule has 3 nitrogen and oxygen atoms in total. The summed E-state index contributed by atoms with van der Waals surface area (Å²) in [6.07, 6.45) is 9.91. The van der Waals surface area contributed by atoms with E-state index in [9.17, 15) is 0 Å². The monoisotopic (exact) mass is 269 g/mol. The number of rotatable bonds is 4. The van der Waals surface area contributed by atoms with E-state index in [4.69, 9.17) is 5.73 Å². The number of nitrogens with zero attached hydrogens (tertiary/aromatic N) is 2. The summed E-state index contributed by atoms with van der Waals surface area (Å²) in [5.74, 6) is 0. The third kappa shape index (κ3) is 2.38. The molecule has 0 radical (unpaired) electrons. The third-order valence-electron chi connectivity index (χ3n) is 4.73. The molecule has 3 rings (SSSR count). The van der Waals surface area contributed by atoms with E-state index in [0.29, 0.717) is 0 Å². The Labute approximate surface area is 120 Å². The highest BCUT2D eigenvalue weighted by atomic mass is 15.2. The first-order valence-electron chi connectivity index (χ1n) is 7.49. The van der Waals surface area contributed by atoms with Crippen LogP contribution in [0.25, 0.3) is 0 Å². The van der Waals surface area contributed by atoms with E-state index in [2.05, 4.69) is 35.6 Å². The van der Waals surface area contributed by atoms with Gasteiger partial charge in [0.1, 0.15) is 0 Å². The maximum absolute atomic E-state index is 6.20. The van der Waals surface area contributed by atoms with Gasteiger partial charge in [-0.2, -0.15) is 5.10 Å². The molecule has 0 spiro atoms. The van der Waals surface area contributed by atoms with Crippen molar-refractivity contribution in [2.75, 3.05) is 6.54 Å². The van der Waals surface area contributed by atoms with Gasteiger partial charge in [0.05, 0.1) is 6.20 Å². The number of hydrogen-bond donors (Lipinski definition) is 1. The van der Waals surface area contributed by atoms with Crippen LogP contribution in [0.2, 0.25) is 0 Å². The van der Waals surface area contributed by atoms with Crippen LogP contribution < -0.4 is 5.73 Å². The Morgan fingerprint density at radius 3 is 2.95 bits per heavy atom. The second-order valence-electron chi connectivity index (χ2n) is 6.02. The van der Waals surface area contributed by atoms with Crippen molar-refractivity contribution in [1.82, 2.24) is 9.78 Å². The number of nitrogens with two attached hydrogens (primary N) is 1. The molecule has 1 unspecified atom stereocenters. The SMILES string of the molecule is Cn1cc(CCC2(CN)CCCc3ccccc32)cn1. The Morgan fingerprint density at radius 2 is 2.20 bits per heavy atom. The van der Waals surface area contributed by atoms with Gasteiger partial charge in [0.25, 0.3) is 0 Å². The minimum atomic E-state index is 0.157. The summed E-state index contributed by atoms with van der Waals surface area (Å²) in [6, 6.07) is 8.85. The van der Waals surface area contributed by atoms with E-state index >= 15 is 0 Å².